The predicted octanol–water partition coefficient (Wildman–Crippen LogP) is -0.258. The number of piperazine rings is 1. The van der Waals surface area contributed by atoms with Gasteiger partial charge in [-0.1, -0.05) is 0 Å². The van der Waals surface area contributed by atoms with Gasteiger partial charge in [0.25, 0.3) is 0 Å². The SMILES string of the molecule is CC(C)(C)OC(=O)N1CCN(CCC(N)=O)C(CN)C1. The molecule has 1 atom stereocenters. The average Bonchev–Trinajstić information content (AvgIpc) is 2.33. The molecule has 0 aromatic rings. The van der Waals surface area contributed by atoms with Crippen LogP contribution in [-0.2, 0) is 9.53 Å². The minimum absolute atomic E-state index is 0.0376. The van der Waals surface area contributed by atoms with Crippen molar-refractivity contribution >= 4 is 12.0 Å². The molecule has 1 rings (SSSR count). The lowest BCUT2D eigenvalue weighted by atomic mass is 10.1. The lowest BCUT2D eigenvalue weighted by Gasteiger charge is -2.41. The minimum atomic E-state index is -0.502. The molecule has 0 aromatic heterocycles. The van der Waals surface area contributed by atoms with Crippen LogP contribution in [0.25, 0.3) is 0 Å². The van der Waals surface area contributed by atoms with Crippen LogP contribution in [0.2, 0.25) is 0 Å². The number of nitrogens with two attached hydrogens (primary N) is 2. The Bertz CT molecular complexity index is 354. The van der Waals surface area contributed by atoms with Crippen molar-refractivity contribution in [2.45, 2.75) is 38.8 Å². The van der Waals surface area contributed by atoms with Gasteiger partial charge < -0.3 is 21.1 Å². The molecule has 0 radical (unpaired) electrons. The second-order valence-electron chi connectivity index (χ2n) is 6.07. The zero-order valence-corrected chi connectivity index (χ0v) is 12.6. The number of carbonyl (C=O) groups is 2. The van der Waals surface area contributed by atoms with Crippen molar-refractivity contribution in [3.05, 3.63) is 0 Å². The molecule has 1 saturated heterocycles. The molecule has 0 spiro atoms. The van der Waals surface area contributed by atoms with Gasteiger partial charge in [0.05, 0.1) is 0 Å². The maximum atomic E-state index is 12.0. The summed E-state index contributed by atoms with van der Waals surface area (Å²) in [6, 6.07) is 0.0376. The van der Waals surface area contributed by atoms with Crippen molar-refractivity contribution in [3.63, 3.8) is 0 Å². The first-order chi connectivity index (χ1) is 9.23. The zero-order chi connectivity index (χ0) is 15.3. The summed E-state index contributed by atoms with van der Waals surface area (Å²) in [6.45, 7) is 8.30. The summed E-state index contributed by atoms with van der Waals surface area (Å²) in [5, 5.41) is 0. The fourth-order valence-electron chi connectivity index (χ4n) is 2.16. The van der Waals surface area contributed by atoms with E-state index < -0.39 is 5.60 Å². The Morgan fingerprint density at radius 3 is 2.45 bits per heavy atom. The quantitative estimate of drug-likeness (QED) is 0.741. The van der Waals surface area contributed by atoms with E-state index in [1.165, 1.54) is 0 Å². The molecule has 0 saturated carbocycles. The van der Waals surface area contributed by atoms with Gasteiger partial charge in [0.2, 0.25) is 5.91 Å². The standard InChI is InChI=1S/C13H26N4O3/c1-13(2,3)20-12(19)17-7-6-16(5-4-11(15)18)10(8-14)9-17/h10H,4-9,14H2,1-3H3,(H2,15,18). The Balaban J connectivity index is 2.54. The van der Waals surface area contributed by atoms with E-state index in [1.807, 2.05) is 20.8 Å². The van der Waals surface area contributed by atoms with Gasteiger partial charge >= 0.3 is 6.09 Å². The summed E-state index contributed by atoms with van der Waals surface area (Å²) >= 11 is 0. The van der Waals surface area contributed by atoms with E-state index in [1.54, 1.807) is 4.90 Å². The monoisotopic (exact) mass is 286 g/mol. The predicted molar refractivity (Wildman–Crippen MR) is 76.0 cm³/mol. The van der Waals surface area contributed by atoms with Crippen molar-refractivity contribution in [1.29, 1.82) is 0 Å². The van der Waals surface area contributed by atoms with Crippen LogP contribution in [0.1, 0.15) is 27.2 Å². The summed E-state index contributed by atoms with van der Waals surface area (Å²) in [7, 11) is 0. The van der Waals surface area contributed by atoms with E-state index >= 15 is 0 Å². The van der Waals surface area contributed by atoms with Crippen LogP contribution in [0.4, 0.5) is 4.79 Å². The average molecular weight is 286 g/mol. The van der Waals surface area contributed by atoms with Gasteiger partial charge in [-0.15, -0.1) is 0 Å². The summed E-state index contributed by atoms with van der Waals surface area (Å²) in [5.41, 5.74) is 10.4. The van der Waals surface area contributed by atoms with E-state index in [0.717, 1.165) is 0 Å². The normalized spacial score (nSPS) is 20.8. The van der Waals surface area contributed by atoms with Crippen molar-refractivity contribution in [3.8, 4) is 0 Å². The zero-order valence-electron chi connectivity index (χ0n) is 12.6. The minimum Gasteiger partial charge on any atom is -0.444 e. The molecular weight excluding hydrogens is 260 g/mol. The van der Waals surface area contributed by atoms with E-state index in [4.69, 9.17) is 16.2 Å². The van der Waals surface area contributed by atoms with Crippen LogP contribution >= 0.6 is 0 Å². The molecule has 1 heterocycles. The van der Waals surface area contributed by atoms with Crippen LogP contribution in [-0.4, -0.2) is 66.2 Å². The van der Waals surface area contributed by atoms with E-state index in [9.17, 15) is 9.59 Å². The van der Waals surface area contributed by atoms with Crippen molar-refractivity contribution in [2.24, 2.45) is 11.5 Å². The number of amides is 2. The molecule has 1 aliphatic heterocycles. The summed E-state index contributed by atoms with van der Waals surface area (Å²) in [5.74, 6) is -0.324. The molecule has 1 unspecified atom stereocenters. The van der Waals surface area contributed by atoms with E-state index in [2.05, 4.69) is 4.90 Å². The van der Waals surface area contributed by atoms with Gasteiger partial charge in [-0.25, -0.2) is 4.79 Å². The van der Waals surface area contributed by atoms with E-state index in [0.29, 0.717) is 39.1 Å². The first kappa shape index (κ1) is 16.7. The summed E-state index contributed by atoms with van der Waals surface area (Å²) in [6.07, 6.45) is -0.00588. The number of ether oxygens (including phenoxy) is 1. The third kappa shape index (κ3) is 5.34. The number of carbonyl (C=O) groups excluding carboxylic acids is 2. The molecule has 0 aromatic carbocycles. The van der Waals surface area contributed by atoms with Crippen LogP contribution in [0, 0.1) is 0 Å². The molecule has 4 N–H and O–H groups in total. The first-order valence-electron chi connectivity index (χ1n) is 6.93. The number of primary amides is 1. The van der Waals surface area contributed by atoms with Gasteiger partial charge in [-0.2, -0.15) is 0 Å². The van der Waals surface area contributed by atoms with Crippen molar-refractivity contribution < 1.29 is 14.3 Å². The fourth-order valence-corrected chi connectivity index (χ4v) is 2.16. The van der Waals surface area contributed by atoms with Crippen LogP contribution in [0.5, 0.6) is 0 Å². The number of rotatable bonds is 4. The van der Waals surface area contributed by atoms with Gasteiger partial charge in [-0.05, 0) is 20.8 Å². The molecule has 7 heteroatoms. The summed E-state index contributed by atoms with van der Waals surface area (Å²) in [4.78, 5) is 26.6. The van der Waals surface area contributed by atoms with Crippen LogP contribution in [0.3, 0.4) is 0 Å². The maximum absolute atomic E-state index is 12.0. The smallest absolute Gasteiger partial charge is 0.410 e. The molecule has 116 valence electrons. The highest BCUT2D eigenvalue weighted by Crippen LogP contribution is 2.14. The molecule has 0 aliphatic carbocycles. The Morgan fingerprint density at radius 2 is 1.95 bits per heavy atom. The third-order valence-corrected chi connectivity index (χ3v) is 3.17. The highest BCUT2D eigenvalue weighted by atomic mass is 16.6. The largest absolute Gasteiger partial charge is 0.444 e. The number of hydrogen-bond donors (Lipinski definition) is 2. The Morgan fingerprint density at radius 1 is 1.30 bits per heavy atom. The number of hydrogen-bond acceptors (Lipinski definition) is 5. The Labute approximate surface area is 120 Å². The lowest BCUT2D eigenvalue weighted by molar-refractivity contribution is -0.118. The fraction of sp³-hybridized carbons (Fsp3) is 0.846. The molecule has 20 heavy (non-hydrogen) atoms. The lowest BCUT2D eigenvalue weighted by Crippen LogP contribution is -2.58. The van der Waals surface area contributed by atoms with Gasteiger partial charge in [-0.3, -0.25) is 9.69 Å². The molecule has 0 bridgehead atoms. The second-order valence-corrected chi connectivity index (χ2v) is 6.07. The molecule has 1 aliphatic rings. The maximum Gasteiger partial charge on any atom is 0.410 e. The second kappa shape index (κ2) is 6.90. The Hall–Kier alpha value is -1.34. The highest BCUT2D eigenvalue weighted by molar-refractivity contribution is 5.73. The Kier molecular flexibility index (Phi) is 5.76. The van der Waals surface area contributed by atoms with Gasteiger partial charge in [0, 0.05) is 45.2 Å². The van der Waals surface area contributed by atoms with Crippen molar-refractivity contribution in [2.75, 3.05) is 32.7 Å². The molecule has 7 nitrogen and oxygen atoms in total. The molecule has 2 amide bonds. The molecular formula is C13H26N4O3. The molecule has 1 fully saturated rings. The third-order valence-electron chi connectivity index (χ3n) is 3.17. The topological polar surface area (TPSA) is 102 Å². The van der Waals surface area contributed by atoms with Gasteiger partial charge in [0.1, 0.15) is 5.60 Å². The first-order valence-corrected chi connectivity index (χ1v) is 6.93. The van der Waals surface area contributed by atoms with Gasteiger partial charge in [0.15, 0.2) is 0 Å². The van der Waals surface area contributed by atoms with Crippen LogP contribution in [0.15, 0.2) is 0 Å². The van der Waals surface area contributed by atoms with Crippen LogP contribution < -0.4 is 11.5 Å². The number of nitrogens with zero attached hydrogens (tertiary/aromatic N) is 2. The van der Waals surface area contributed by atoms with Crippen molar-refractivity contribution in [1.82, 2.24) is 9.80 Å². The highest BCUT2D eigenvalue weighted by Gasteiger charge is 2.31. The summed E-state index contributed by atoms with van der Waals surface area (Å²) < 4.78 is 5.36. The van der Waals surface area contributed by atoms with E-state index in [-0.39, 0.29) is 18.0 Å².